The molecule has 4 aromatic rings. The summed E-state index contributed by atoms with van der Waals surface area (Å²) < 4.78 is 6.98. The maximum absolute atomic E-state index is 12.8. The summed E-state index contributed by atoms with van der Waals surface area (Å²) >= 11 is 0. The largest absolute Gasteiger partial charge is 0.462 e. The zero-order chi connectivity index (χ0) is 25.1. The molecular formula is C28H30N4O3. The first-order valence-electron chi connectivity index (χ1n) is 11.8. The fourth-order valence-corrected chi connectivity index (χ4v) is 4.37. The van der Waals surface area contributed by atoms with E-state index < -0.39 is 5.97 Å². The molecule has 0 saturated heterocycles. The van der Waals surface area contributed by atoms with Gasteiger partial charge in [-0.15, -0.1) is 0 Å². The molecule has 0 saturated carbocycles. The van der Waals surface area contributed by atoms with Crippen LogP contribution in [0.4, 0.5) is 5.69 Å². The van der Waals surface area contributed by atoms with Crippen LogP contribution in [0, 0.1) is 27.7 Å². The highest BCUT2D eigenvalue weighted by molar-refractivity contribution is 6.01. The third kappa shape index (κ3) is 4.94. The van der Waals surface area contributed by atoms with Gasteiger partial charge < -0.3 is 10.1 Å². The van der Waals surface area contributed by atoms with E-state index in [9.17, 15) is 9.59 Å². The molecule has 4 rings (SSSR count). The van der Waals surface area contributed by atoms with Gasteiger partial charge in [0.15, 0.2) is 5.65 Å². The lowest BCUT2D eigenvalue weighted by atomic mass is 9.99. The van der Waals surface area contributed by atoms with Crippen LogP contribution in [-0.4, -0.2) is 33.2 Å². The van der Waals surface area contributed by atoms with Gasteiger partial charge in [-0.3, -0.25) is 4.79 Å². The number of amides is 1. The summed E-state index contributed by atoms with van der Waals surface area (Å²) in [6.07, 6.45) is 0.792. The van der Waals surface area contributed by atoms with Crippen molar-refractivity contribution in [2.45, 2.75) is 47.5 Å². The number of fused-ring (bicyclic) bond motifs is 1. The number of aromatic nitrogens is 3. The summed E-state index contributed by atoms with van der Waals surface area (Å²) in [5.41, 5.74) is 7.67. The van der Waals surface area contributed by atoms with E-state index >= 15 is 0 Å². The molecule has 2 heterocycles. The summed E-state index contributed by atoms with van der Waals surface area (Å²) in [5, 5.41) is 8.63. The summed E-state index contributed by atoms with van der Waals surface area (Å²) in [5.74, 6) is -0.626. The molecule has 0 radical (unpaired) electrons. The normalized spacial score (nSPS) is 11.0. The van der Waals surface area contributed by atoms with Gasteiger partial charge in [0.25, 0.3) is 0 Å². The second-order valence-electron chi connectivity index (χ2n) is 8.65. The molecule has 2 aromatic heterocycles. The third-order valence-corrected chi connectivity index (χ3v) is 6.15. The number of anilines is 1. The molecule has 0 unspecified atom stereocenters. The Labute approximate surface area is 205 Å². The van der Waals surface area contributed by atoms with Gasteiger partial charge in [0.05, 0.1) is 29.2 Å². The lowest BCUT2D eigenvalue weighted by molar-refractivity contribution is -0.116. The number of carbonyl (C=O) groups is 2. The average molecular weight is 471 g/mol. The van der Waals surface area contributed by atoms with Gasteiger partial charge in [-0.25, -0.2) is 14.5 Å². The van der Waals surface area contributed by atoms with Crippen molar-refractivity contribution < 1.29 is 14.3 Å². The molecule has 7 nitrogen and oxygen atoms in total. The maximum Gasteiger partial charge on any atom is 0.340 e. The summed E-state index contributed by atoms with van der Waals surface area (Å²) in [7, 11) is 0. The minimum atomic E-state index is -0.453. The molecule has 0 aliphatic rings. The smallest absolute Gasteiger partial charge is 0.340 e. The molecule has 0 aliphatic carbocycles. The first kappa shape index (κ1) is 24.1. The lowest BCUT2D eigenvalue weighted by Gasteiger charge is -2.13. The summed E-state index contributed by atoms with van der Waals surface area (Å²) in [6, 6.07) is 15.1. The van der Waals surface area contributed by atoms with E-state index in [0.29, 0.717) is 17.7 Å². The van der Waals surface area contributed by atoms with E-state index in [4.69, 9.17) is 14.8 Å². The number of pyridine rings is 1. The Morgan fingerprint density at radius 2 is 1.69 bits per heavy atom. The van der Waals surface area contributed by atoms with Crippen molar-refractivity contribution >= 4 is 28.6 Å². The van der Waals surface area contributed by atoms with Crippen molar-refractivity contribution in [1.82, 2.24) is 14.8 Å². The lowest BCUT2D eigenvalue weighted by Crippen LogP contribution is -2.16. The van der Waals surface area contributed by atoms with Gasteiger partial charge in [0.1, 0.15) is 0 Å². The standard InChI is InChI=1S/C28H30N4O3/c1-6-35-28(34)23-9-7-8-10-24(23)30-25(33)16-15-22-18(3)26-20(5)31-32(27(26)29-19(22)4)21-13-11-17(2)12-14-21/h7-14H,6,15-16H2,1-5H3,(H,30,33). The van der Waals surface area contributed by atoms with E-state index in [-0.39, 0.29) is 18.9 Å². The number of para-hydroxylation sites is 1. The quantitative estimate of drug-likeness (QED) is 0.365. The van der Waals surface area contributed by atoms with Crippen LogP contribution in [0.5, 0.6) is 0 Å². The van der Waals surface area contributed by atoms with Crippen LogP contribution in [0.1, 0.15) is 51.8 Å². The predicted octanol–water partition coefficient (Wildman–Crippen LogP) is 5.40. The molecule has 7 heteroatoms. The zero-order valence-electron chi connectivity index (χ0n) is 20.8. The number of nitrogens with one attached hydrogen (secondary N) is 1. The van der Waals surface area contributed by atoms with E-state index in [1.54, 1.807) is 31.2 Å². The van der Waals surface area contributed by atoms with Crippen molar-refractivity contribution in [3.63, 3.8) is 0 Å². The fraction of sp³-hybridized carbons (Fsp3) is 0.286. The molecular weight excluding hydrogens is 440 g/mol. The fourth-order valence-electron chi connectivity index (χ4n) is 4.37. The van der Waals surface area contributed by atoms with E-state index in [1.807, 2.05) is 30.7 Å². The number of hydrogen-bond acceptors (Lipinski definition) is 5. The van der Waals surface area contributed by atoms with Crippen molar-refractivity contribution in [2.24, 2.45) is 0 Å². The molecule has 1 N–H and O–H groups in total. The second kappa shape index (κ2) is 10.1. The molecule has 180 valence electrons. The number of nitrogens with zero attached hydrogens (tertiary/aromatic N) is 3. The Morgan fingerprint density at radius 1 is 0.971 bits per heavy atom. The van der Waals surface area contributed by atoms with Gasteiger partial charge in [-0.1, -0.05) is 29.8 Å². The number of rotatable bonds is 7. The number of aryl methyl sites for hydroxylation is 4. The van der Waals surface area contributed by atoms with Crippen molar-refractivity contribution in [1.29, 1.82) is 0 Å². The summed E-state index contributed by atoms with van der Waals surface area (Å²) in [4.78, 5) is 29.9. The Hall–Kier alpha value is -4.00. The molecule has 0 fully saturated rings. The van der Waals surface area contributed by atoms with Crippen LogP contribution in [0.3, 0.4) is 0 Å². The molecule has 0 atom stereocenters. The first-order valence-corrected chi connectivity index (χ1v) is 11.8. The predicted molar refractivity (Wildman–Crippen MR) is 137 cm³/mol. The maximum atomic E-state index is 12.8. The highest BCUT2D eigenvalue weighted by atomic mass is 16.5. The van der Waals surface area contributed by atoms with Gasteiger partial charge in [0, 0.05) is 17.5 Å². The highest BCUT2D eigenvalue weighted by Crippen LogP contribution is 2.28. The summed E-state index contributed by atoms with van der Waals surface area (Å²) in [6.45, 7) is 10.1. The molecule has 2 aromatic carbocycles. The van der Waals surface area contributed by atoms with Crippen LogP contribution in [0.25, 0.3) is 16.7 Å². The Bertz CT molecular complexity index is 1400. The van der Waals surface area contributed by atoms with Crippen LogP contribution >= 0.6 is 0 Å². The first-order chi connectivity index (χ1) is 16.8. The number of hydrogen-bond donors (Lipinski definition) is 1. The number of esters is 1. The van der Waals surface area contributed by atoms with Gasteiger partial charge >= 0.3 is 5.97 Å². The van der Waals surface area contributed by atoms with Gasteiger partial charge in [-0.05, 0) is 76.4 Å². The molecule has 1 amide bonds. The van der Waals surface area contributed by atoms with Crippen LogP contribution in [0.2, 0.25) is 0 Å². The minimum absolute atomic E-state index is 0.173. The molecule has 0 bridgehead atoms. The van der Waals surface area contributed by atoms with Crippen molar-refractivity contribution in [3.05, 3.63) is 82.2 Å². The minimum Gasteiger partial charge on any atom is -0.462 e. The van der Waals surface area contributed by atoms with E-state index in [1.165, 1.54) is 5.56 Å². The molecule has 0 spiro atoms. The Kier molecular flexibility index (Phi) is 6.96. The van der Waals surface area contributed by atoms with Crippen LogP contribution in [0.15, 0.2) is 48.5 Å². The number of benzene rings is 2. The van der Waals surface area contributed by atoms with Gasteiger partial charge in [-0.2, -0.15) is 5.10 Å². The van der Waals surface area contributed by atoms with E-state index in [2.05, 4.69) is 31.3 Å². The Morgan fingerprint density at radius 3 is 2.40 bits per heavy atom. The Balaban J connectivity index is 1.57. The van der Waals surface area contributed by atoms with Gasteiger partial charge in [0.2, 0.25) is 5.91 Å². The van der Waals surface area contributed by atoms with Crippen molar-refractivity contribution in [3.8, 4) is 5.69 Å². The third-order valence-electron chi connectivity index (χ3n) is 6.15. The SMILES string of the molecule is CCOC(=O)c1ccccc1NC(=O)CCc1c(C)nc2c(c(C)nn2-c2ccc(C)cc2)c1C. The molecule has 0 aliphatic heterocycles. The second-order valence-corrected chi connectivity index (χ2v) is 8.65. The highest BCUT2D eigenvalue weighted by Gasteiger charge is 2.19. The van der Waals surface area contributed by atoms with Crippen molar-refractivity contribution in [2.75, 3.05) is 11.9 Å². The number of ether oxygens (including phenoxy) is 1. The van der Waals surface area contributed by atoms with Crippen LogP contribution < -0.4 is 5.32 Å². The zero-order valence-corrected chi connectivity index (χ0v) is 20.8. The topological polar surface area (TPSA) is 86.1 Å². The van der Waals surface area contributed by atoms with E-state index in [0.717, 1.165) is 39.2 Å². The van der Waals surface area contributed by atoms with Crippen LogP contribution in [-0.2, 0) is 16.0 Å². The number of carbonyl (C=O) groups excluding carboxylic acids is 2. The molecule has 35 heavy (non-hydrogen) atoms. The average Bonchev–Trinajstić information content (AvgIpc) is 3.15. The monoisotopic (exact) mass is 470 g/mol.